The summed E-state index contributed by atoms with van der Waals surface area (Å²) in [6.45, 7) is 1.75. The number of H-pyrrole nitrogens is 1. The Morgan fingerprint density at radius 1 is 0.913 bits per heavy atom. The number of nitrogens with zero attached hydrogens (tertiary/aromatic N) is 3. The van der Waals surface area contributed by atoms with Crippen LogP contribution in [0, 0.1) is 6.92 Å². The molecule has 0 saturated carbocycles. The minimum absolute atomic E-state index is 0.213. The minimum atomic E-state index is -0.291. The number of rotatable bonds is 3. The van der Waals surface area contributed by atoms with Gasteiger partial charge in [0.1, 0.15) is 5.69 Å². The second-order valence-electron chi connectivity index (χ2n) is 4.83. The molecule has 5 nitrogen and oxygen atoms in total. The summed E-state index contributed by atoms with van der Waals surface area (Å²) in [6, 6.07) is 14.3. The van der Waals surface area contributed by atoms with E-state index in [0.29, 0.717) is 21.4 Å². The number of halogens is 2. The molecule has 0 bridgehead atoms. The maximum absolute atomic E-state index is 12.5. The molecule has 0 aliphatic carbocycles. The summed E-state index contributed by atoms with van der Waals surface area (Å²) in [6.07, 6.45) is 0. The van der Waals surface area contributed by atoms with Crippen LogP contribution in [0.5, 0.6) is 0 Å². The summed E-state index contributed by atoms with van der Waals surface area (Å²) in [5, 5.41) is 11.8. The second kappa shape index (κ2) is 6.40. The molecule has 0 fully saturated rings. The molecule has 0 radical (unpaired) electrons. The first kappa shape index (κ1) is 15.5. The number of para-hydroxylation sites is 1. The van der Waals surface area contributed by atoms with Crippen LogP contribution in [0.2, 0.25) is 10.0 Å². The third-order valence-corrected chi connectivity index (χ3v) is 3.85. The quantitative estimate of drug-likeness (QED) is 0.651. The second-order valence-corrected chi connectivity index (χ2v) is 5.65. The van der Waals surface area contributed by atoms with E-state index in [1.54, 1.807) is 25.1 Å². The van der Waals surface area contributed by atoms with Crippen LogP contribution in [0.15, 0.2) is 63.6 Å². The highest BCUT2D eigenvalue weighted by Crippen LogP contribution is 2.33. The average molecular weight is 347 g/mol. The number of aromatic nitrogens is 2. The SMILES string of the molecule is Cc1[nH]n(-c2ccccc2)c(=O)c1N=Nc1c(Cl)cccc1Cl. The molecule has 0 spiro atoms. The van der Waals surface area contributed by atoms with Gasteiger partial charge in [-0.15, -0.1) is 10.2 Å². The zero-order valence-electron chi connectivity index (χ0n) is 12.1. The van der Waals surface area contributed by atoms with Crippen LogP contribution in [0.3, 0.4) is 0 Å². The highest BCUT2D eigenvalue weighted by Gasteiger charge is 2.12. The maximum atomic E-state index is 12.5. The molecular weight excluding hydrogens is 335 g/mol. The molecule has 1 N–H and O–H groups in total. The molecule has 3 aromatic rings. The first-order chi connectivity index (χ1) is 11.1. The van der Waals surface area contributed by atoms with Crippen molar-refractivity contribution in [3.05, 3.63) is 74.6 Å². The first-order valence-electron chi connectivity index (χ1n) is 6.80. The van der Waals surface area contributed by atoms with Crippen molar-refractivity contribution in [2.24, 2.45) is 10.2 Å². The fourth-order valence-corrected chi connectivity index (χ4v) is 2.57. The molecule has 116 valence electrons. The van der Waals surface area contributed by atoms with E-state index in [4.69, 9.17) is 23.2 Å². The number of nitrogens with one attached hydrogen (secondary N) is 1. The van der Waals surface area contributed by atoms with Gasteiger partial charge in [0.25, 0.3) is 5.56 Å². The predicted molar refractivity (Wildman–Crippen MR) is 91.8 cm³/mol. The molecule has 7 heteroatoms. The van der Waals surface area contributed by atoms with Crippen molar-refractivity contribution in [2.45, 2.75) is 6.92 Å². The number of aromatic amines is 1. The fraction of sp³-hybridized carbons (Fsp3) is 0.0625. The van der Waals surface area contributed by atoms with Gasteiger partial charge in [-0.3, -0.25) is 9.89 Å². The summed E-state index contributed by atoms with van der Waals surface area (Å²) in [4.78, 5) is 12.5. The van der Waals surface area contributed by atoms with E-state index >= 15 is 0 Å². The average Bonchev–Trinajstić information content (AvgIpc) is 2.83. The Kier molecular flexibility index (Phi) is 4.32. The zero-order valence-corrected chi connectivity index (χ0v) is 13.6. The van der Waals surface area contributed by atoms with Crippen LogP contribution in [0.4, 0.5) is 11.4 Å². The van der Waals surface area contributed by atoms with E-state index in [1.807, 2.05) is 30.3 Å². The molecule has 23 heavy (non-hydrogen) atoms. The third-order valence-electron chi connectivity index (χ3n) is 3.24. The van der Waals surface area contributed by atoms with Gasteiger partial charge < -0.3 is 0 Å². The van der Waals surface area contributed by atoms with Crippen LogP contribution < -0.4 is 5.56 Å². The number of aryl methyl sites for hydroxylation is 1. The lowest BCUT2D eigenvalue weighted by Gasteiger charge is -1.99. The highest BCUT2D eigenvalue weighted by atomic mass is 35.5. The fourth-order valence-electron chi connectivity index (χ4n) is 2.10. The van der Waals surface area contributed by atoms with E-state index in [2.05, 4.69) is 15.3 Å². The topological polar surface area (TPSA) is 62.5 Å². The third kappa shape index (κ3) is 3.06. The van der Waals surface area contributed by atoms with Crippen molar-refractivity contribution in [2.75, 3.05) is 0 Å². The van der Waals surface area contributed by atoms with Crippen molar-refractivity contribution in [1.29, 1.82) is 0 Å². The molecule has 2 aromatic carbocycles. The molecule has 0 saturated heterocycles. The van der Waals surface area contributed by atoms with Crippen molar-refractivity contribution >= 4 is 34.6 Å². The molecule has 0 aliphatic rings. The maximum Gasteiger partial charge on any atom is 0.299 e. The van der Waals surface area contributed by atoms with Gasteiger partial charge in [0, 0.05) is 0 Å². The number of hydrogen-bond acceptors (Lipinski definition) is 3. The summed E-state index contributed by atoms with van der Waals surface area (Å²) in [5.74, 6) is 0. The van der Waals surface area contributed by atoms with Crippen molar-refractivity contribution in [3.8, 4) is 5.69 Å². The summed E-state index contributed by atoms with van der Waals surface area (Å²) < 4.78 is 1.41. The van der Waals surface area contributed by atoms with Gasteiger partial charge in [-0.05, 0) is 31.2 Å². The number of azo groups is 1. The van der Waals surface area contributed by atoms with Gasteiger partial charge in [-0.1, -0.05) is 47.5 Å². The van der Waals surface area contributed by atoms with Crippen molar-refractivity contribution in [3.63, 3.8) is 0 Å². The standard InChI is InChI=1S/C16H12Cl2N4O/c1-10-14(19-20-15-12(17)8-5-9-13(15)18)16(23)22(21-10)11-6-3-2-4-7-11/h2-9,21H,1H3. The Hall–Kier alpha value is -2.37. The molecule has 0 atom stereocenters. The lowest BCUT2D eigenvalue weighted by Crippen LogP contribution is -2.13. The van der Waals surface area contributed by atoms with Crippen molar-refractivity contribution in [1.82, 2.24) is 9.78 Å². The molecule has 1 aromatic heterocycles. The largest absolute Gasteiger partial charge is 0.299 e. The Bertz CT molecular complexity index is 909. The van der Waals surface area contributed by atoms with Gasteiger partial charge in [-0.2, -0.15) is 0 Å². The minimum Gasteiger partial charge on any atom is -0.293 e. The van der Waals surface area contributed by atoms with Gasteiger partial charge in [0.05, 0.1) is 21.4 Å². The Balaban J connectivity index is 2.04. The molecule has 0 aliphatic heterocycles. The van der Waals surface area contributed by atoms with E-state index in [0.717, 1.165) is 5.69 Å². The van der Waals surface area contributed by atoms with E-state index in [-0.39, 0.29) is 11.2 Å². The molecule has 0 unspecified atom stereocenters. The molecule has 3 rings (SSSR count). The van der Waals surface area contributed by atoms with Crippen LogP contribution >= 0.6 is 23.2 Å². The number of benzene rings is 2. The molecule has 1 heterocycles. The highest BCUT2D eigenvalue weighted by molar-refractivity contribution is 6.38. The van der Waals surface area contributed by atoms with Crippen LogP contribution in [-0.2, 0) is 0 Å². The summed E-state index contributed by atoms with van der Waals surface area (Å²) >= 11 is 12.1. The Labute approximate surface area is 142 Å². The van der Waals surface area contributed by atoms with E-state index in [1.165, 1.54) is 4.68 Å². The molecular formula is C16H12Cl2N4O. The van der Waals surface area contributed by atoms with Gasteiger partial charge >= 0.3 is 0 Å². The smallest absolute Gasteiger partial charge is 0.293 e. The van der Waals surface area contributed by atoms with Gasteiger partial charge in [0.15, 0.2) is 5.69 Å². The van der Waals surface area contributed by atoms with Crippen LogP contribution in [0.1, 0.15) is 5.69 Å². The van der Waals surface area contributed by atoms with Crippen molar-refractivity contribution < 1.29 is 0 Å². The van der Waals surface area contributed by atoms with Crippen LogP contribution in [-0.4, -0.2) is 9.78 Å². The lowest BCUT2D eigenvalue weighted by molar-refractivity contribution is 0.835. The van der Waals surface area contributed by atoms with Crippen LogP contribution in [0.25, 0.3) is 5.69 Å². The number of hydrogen-bond donors (Lipinski definition) is 1. The summed E-state index contributed by atoms with van der Waals surface area (Å²) in [7, 11) is 0. The normalized spacial score (nSPS) is 11.3. The Morgan fingerprint density at radius 2 is 1.52 bits per heavy atom. The van der Waals surface area contributed by atoms with E-state index in [9.17, 15) is 4.79 Å². The van der Waals surface area contributed by atoms with Gasteiger partial charge in [0.2, 0.25) is 0 Å². The van der Waals surface area contributed by atoms with Gasteiger partial charge in [-0.25, -0.2) is 4.68 Å². The zero-order chi connectivity index (χ0) is 16.4. The van der Waals surface area contributed by atoms with E-state index < -0.39 is 0 Å². The first-order valence-corrected chi connectivity index (χ1v) is 7.56. The Morgan fingerprint density at radius 3 is 2.17 bits per heavy atom. The summed E-state index contributed by atoms with van der Waals surface area (Å²) in [5.41, 5.74) is 1.58. The molecule has 0 amide bonds. The monoisotopic (exact) mass is 346 g/mol. The lowest BCUT2D eigenvalue weighted by atomic mass is 10.3. The predicted octanol–water partition coefficient (Wildman–Crippen LogP) is 5.20.